The topological polar surface area (TPSA) is 46.5 Å². The lowest BCUT2D eigenvalue weighted by molar-refractivity contribution is -0.154. The third-order valence-corrected chi connectivity index (χ3v) is 4.09. The van der Waals surface area contributed by atoms with Crippen LogP contribution < -0.4 is 0 Å². The summed E-state index contributed by atoms with van der Waals surface area (Å²) in [5.74, 6) is -0.0989. The monoisotopic (exact) mass is 226 g/mol. The summed E-state index contributed by atoms with van der Waals surface area (Å²) in [6, 6.07) is 0. The number of ether oxygens (including phenoxy) is 1. The zero-order valence-electron chi connectivity index (χ0n) is 10.1. The van der Waals surface area contributed by atoms with Crippen LogP contribution in [0, 0.1) is 11.3 Å². The third kappa shape index (κ3) is 2.10. The van der Waals surface area contributed by atoms with E-state index >= 15 is 0 Å². The summed E-state index contributed by atoms with van der Waals surface area (Å²) in [5, 5.41) is 9.53. The predicted octanol–water partition coefficient (Wildman–Crippen LogP) is 2.84. The lowest BCUT2D eigenvalue weighted by Gasteiger charge is -2.29. The van der Waals surface area contributed by atoms with Crippen molar-refractivity contribution < 1.29 is 14.6 Å². The highest BCUT2D eigenvalue weighted by molar-refractivity contribution is 5.76. The fraction of sp³-hybridized carbons (Fsp3) is 0.923. The normalized spacial score (nSPS) is 34.2. The summed E-state index contributed by atoms with van der Waals surface area (Å²) in [7, 11) is 0. The van der Waals surface area contributed by atoms with Crippen LogP contribution in [0.1, 0.15) is 51.9 Å². The third-order valence-electron chi connectivity index (χ3n) is 4.09. The summed E-state index contributed by atoms with van der Waals surface area (Å²) in [5.41, 5.74) is -0.559. The van der Waals surface area contributed by atoms with Crippen LogP contribution in [0.25, 0.3) is 0 Å². The SMILES string of the molecule is CCCCCC1(C(=O)O)CCOC1C1CC1. The maximum atomic E-state index is 11.6. The zero-order chi connectivity index (χ0) is 11.6. The van der Waals surface area contributed by atoms with E-state index in [0.717, 1.165) is 38.5 Å². The van der Waals surface area contributed by atoms with Gasteiger partial charge in [0.2, 0.25) is 0 Å². The molecule has 1 saturated heterocycles. The molecular formula is C13H22O3. The highest BCUT2D eigenvalue weighted by Gasteiger charge is 2.55. The minimum absolute atomic E-state index is 0.00172. The van der Waals surface area contributed by atoms with E-state index in [1.807, 2.05) is 0 Å². The first kappa shape index (κ1) is 11.9. The molecule has 0 aromatic heterocycles. The van der Waals surface area contributed by atoms with E-state index < -0.39 is 11.4 Å². The second-order valence-electron chi connectivity index (χ2n) is 5.30. The van der Waals surface area contributed by atoms with Gasteiger partial charge in [0.15, 0.2) is 0 Å². The van der Waals surface area contributed by atoms with E-state index in [2.05, 4.69) is 6.92 Å². The van der Waals surface area contributed by atoms with Crippen molar-refractivity contribution in [3.8, 4) is 0 Å². The number of unbranched alkanes of at least 4 members (excludes halogenated alkanes) is 2. The molecule has 1 saturated carbocycles. The number of carbonyl (C=O) groups is 1. The number of carboxylic acids is 1. The Kier molecular flexibility index (Phi) is 3.53. The van der Waals surface area contributed by atoms with Crippen molar-refractivity contribution in [2.45, 2.75) is 58.0 Å². The van der Waals surface area contributed by atoms with Gasteiger partial charge in [-0.3, -0.25) is 4.79 Å². The van der Waals surface area contributed by atoms with Crippen molar-refractivity contribution in [1.82, 2.24) is 0 Å². The molecule has 0 aromatic carbocycles. The average Bonchev–Trinajstić information content (AvgIpc) is 3.00. The number of hydrogen-bond donors (Lipinski definition) is 1. The van der Waals surface area contributed by atoms with Crippen LogP contribution in [-0.4, -0.2) is 23.8 Å². The molecule has 0 radical (unpaired) electrons. The number of rotatable bonds is 6. The molecule has 1 aliphatic heterocycles. The summed E-state index contributed by atoms with van der Waals surface area (Å²) < 4.78 is 5.70. The molecule has 3 heteroatoms. The van der Waals surface area contributed by atoms with Gasteiger partial charge in [-0.15, -0.1) is 0 Å². The fourth-order valence-electron chi connectivity index (χ4n) is 2.95. The Hall–Kier alpha value is -0.570. The first-order valence-electron chi connectivity index (χ1n) is 6.55. The Balaban J connectivity index is 2.04. The second kappa shape index (κ2) is 4.74. The molecule has 1 heterocycles. The quantitative estimate of drug-likeness (QED) is 0.708. The molecule has 2 aliphatic rings. The van der Waals surface area contributed by atoms with Crippen LogP contribution in [0.3, 0.4) is 0 Å². The van der Waals surface area contributed by atoms with E-state index in [1.165, 1.54) is 0 Å². The maximum absolute atomic E-state index is 11.6. The fourth-order valence-corrected chi connectivity index (χ4v) is 2.95. The highest BCUT2D eigenvalue weighted by Crippen LogP contribution is 2.50. The second-order valence-corrected chi connectivity index (χ2v) is 5.30. The average molecular weight is 226 g/mol. The Morgan fingerprint density at radius 3 is 2.75 bits per heavy atom. The van der Waals surface area contributed by atoms with Crippen LogP contribution >= 0.6 is 0 Å². The van der Waals surface area contributed by atoms with Crippen LogP contribution in [0.2, 0.25) is 0 Å². The van der Waals surface area contributed by atoms with Gasteiger partial charge in [0, 0.05) is 6.61 Å². The molecule has 3 nitrogen and oxygen atoms in total. The minimum Gasteiger partial charge on any atom is -0.481 e. The number of carboxylic acid groups (broad SMARTS) is 1. The molecule has 0 amide bonds. The summed E-state index contributed by atoms with van der Waals surface area (Å²) >= 11 is 0. The van der Waals surface area contributed by atoms with Gasteiger partial charge in [-0.05, 0) is 31.6 Å². The standard InChI is InChI=1S/C13H22O3/c1-2-3-4-7-13(12(14)15)8-9-16-11(13)10-5-6-10/h10-11H,2-9H2,1H3,(H,14,15). The zero-order valence-corrected chi connectivity index (χ0v) is 10.1. The van der Waals surface area contributed by atoms with Crippen molar-refractivity contribution in [3.05, 3.63) is 0 Å². The molecule has 0 aromatic rings. The van der Waals surface area contributed by atoms with Gasteiger partial charge < -0.3 is 9.84 Å². The van der Waals surface area contributed by atoms with Gasteiger partial charge in [0.25, 0.3) is 0 Å². The van der Waals surface area contributed by atoms with Crippen LogP contribution in [-0.2, 0) is 9.53 Å². The van der Waals surface area contributed by atoms with Crippen LogP contribution in [0.15, 0.2) is 0 Å². The molecule has 0 bridgehead atoms. The van der Waals surface area contributed by atoms with E-state index in [-0.39, 0.29) is 6.10 Å². The molecular weight excluding hydrogens is 204 g/mol. The van der Waals surface area contributed by atoms with Gasteiger partial charge in [-0.25, -0.2) is 0 Å². The molecule has 0 spiro atoms. The highest BCUT2D eigenvalue weighted by atomic mass is 16.5. The molecule has 2 rings (SSSR count). The lowest BCUT2D eigenvalue weighted by atomic mass is 9.75. The largest absolute Gasteiger partial charge is 0.481 e. The molecule has 16 heavy (non-hydrogen) atoms. The first-order chi connectivity index (χ1) is 7.70. The Morgan fingerprint density at radius 1 is 1.44 bits per heavy atom. The smallest absolute Gasteiger partial charge is 0.312 e. The van der Waals surface area contributed by atoms with Crippen molar-refractivity contribution in [2.75, 3.05) is 6.61 Å². The van der Waals surface area contributed by atoms with E-state index in [1.54, 1.807) is 0 Å². The minimum atomic E-state index is -0.627. The summed E-state index contributed by atoms with van der Waals surface area (Å²) in [6.07, 6.45) is 7.14. The van der Waals surface area contributed by atoms with E-state index in [0.29, 0.717) is 18.9 Å². The lowest BCUT2D eigenvalue weighted by Crippen LogP contribution is -2.40. The Bertz CT molecular complexity index is 260. The Labute approximate surface area is 97.2 Å². The van der Waals surface area contributed by atoms with Crippen molar-refractivity contribution >= 4 is 5.97 Å². The van der Waals surface area contributed by atoms with Crippen molar-refractivity contribution in [1.29, 1.82) is 0 Å². The van der Waals surface area contributed by atoms with Gasteiger partial charge in [-0.2, -0.15) is 0 Å². The molecule has 2 fully saturated rings. The van der Waals surface area contributed by atoms with E-state index in [9.17, 15) is 9.90 Å². The van der Waals surface area contributed by atoms with Crippen LogP contribution in [0.5, 0.6) is 0 Å². The molecule has 1 aliphatic carbocycles. The van der Waals surface area contributed by atoms with Gasteiger partial charge in [0.1, 0.15) is 0 Å². The number of hydrogen-bond acceptors (Lipinski definition) is 2. The van der Waals surface area contributed by atoms with Crippen molar-refractivity contribution in [3.63, 3.8) is 0 Å². The predicted molar refractivity (Wildman–Crippen MR) is 61.3 cm³/mol. The summed E-state index contributed by atoms with van der Waals surface area (Å²) in [4.78, 5) is 11.6. The van der Waals surface area contributed by atoms with Crippen molar-refractivity contribution in [2.24, 2.45) is 11.3 Å². The molecule has 2 unspecified atom stereocenters. The van der Waals surface area contributed by atoms with Gasteiger partial charge in [-0.1, -0.05) is 26.2 Å². The molecule has 92 valence electrons. The van der Waals surface area contributed by atoms with Gasteiger partial charge in [0.05, 0.1) is 11.5 Å². The number of aliphatic carboxylic acids is 1. The molecule has 2 atom stereocenters. The maximum Gasteiger partial charge on any atom is 0.312 e. The van der Waals surface area contributed by atoms with Crippen LogP contribution in [0.4, 0.5) is 0 Å². The first-order valence-corrected chi connectivity index (χ1v) is 6.55. The van der Waals surface area contributed by atoms with E-state index in [4.69, 9.17) is 4.74 Å². The summed E-state index contributed by atoms with van der Waals surface area (Å²) in [6.45, 7) is 2.79. The Morgan fingerprint density at radius 2 is 2.19 bits per heavy atom. The molecule has 1 N–H and O–H groups in total. The van der Waals surface area contributed by atoms with Gasteiger partial charge >= 0.3 is 5.97 Å².